The van der Waals surface area contributed by atoms with Crippen LogP contribution in [0.1, 0.15) is 12.6 Å². The Bertz CT molecular complexity index is 578. The number of halogens is 1. The number of esters is 1. The lowest BCUT2D eigenvalue weighted by molar-refractivity contribution is -0.144. The van der Waals surface area contributed by atoms with Crippen LogP contribution in [0.5, 0.6) is 0 Å². The first-order chi connectivity index (χ1) is 9.61. The smallest absolute Gasteiger partial charge is 0.323 e. The van der Waals surface area contributed by atoms with Crippen molar-refractivity contribution in [1.82, 2.24) is 4.57 Å². The maximum absolute atomic E-state index is 11.6. The average molecular weight is 337 g/mol. The highest BCUT2D eigenvalue weighted by Gasteiger charge is 2.17. The highest BCUT2D eigenvalue weighted by Crippen LogP contribution is 2.17. The Hall–Kier alpha value is -1.59. The lowest BCUT2D eigenvalue weighted by atomic mass is 10.1. The zero-order chi connectivity index (χ0) is 14.5. The van der Waals surface area contributed by atoms with Crippen LogP contribution in [0.2, 0.25) is 0 Å². The van der Waals surface area contributed by atoms with E-state index in [4.69, 9.17) is 10.5 Å². The molecule has 1 heterocycles. The van der Waals surface area contributed by atoms with E-state index in [1.54, 1.807) is 6.92 Å². The normalized spacial score (nSPS) is 12.2. The first kappa shape index (κ1) is 14.8. The zero-order valence-electron chi connectivity index (χ0n) is 11.3. The molecule has 0 saturated carbocycles. The van der Waals surface area contributed by atoms with E-state index in [-0.39, 0.29) is 5.97 Å². The first-order valence-corrected chi connectivity index (χ1v) is 7.25. The van der Waals surface area contributed by atoms with Crippen molar-refractivity contribution in [2.45, 2.75) is 19.4 Å². The summed E-state index contributed by atoms with van der Waals surface area (Å²) in [6, 6.07) is 11.2. The summed E-state index contributed by atoms with van der Waals surface area (Å²) >= 11 is 3.41. The molecular weight excluding hydrogens is 320 g/mol. The number of hydrogen-bond acceptors (Lipinski definition) is 3. The van der Waals surface area contributed by atoms with Crippen molar-refractivity contribution in [3.05, 3.63) is 52.8 Å². The molecule has 4 nitrogen and oxygen atoms in total. The topological polar surface area (TPSA) is 57.2 Å². The largest absolute Gasteiger partial charge is 0.465 e. The fraction of sp³-hybridized carbons (Fsp3) is 0.267. The van der Waals surface area contributed by atoms with E-state index < -0.39 is 6.04 Å². The third-order valence-corrected chi connectivity index (χ3v) is 3.49. The summed E-state index contributed by atoms with van der Waals surface area (Å²) in [7, 11) is 0. The number of aromatic nitrogens is 1. The predicted octanol–water partition coefficient (Wildman–Crippen LogP) is 2.67. The highest BCUT2D eigenvalue weighted by atomic mass is 79.9. The molecule has 106 valence electrons. The maximum Gasteiger partial charge on any atom is 0.323 e. The Labute approximate surface area is 126 Å². The van der Waals surface area contributed by atoms with E-state index >= 15 is 0 Å². The van der Waals surface area contributed by atoms with Gasteiger partial charge in [-0.3, -0.25) is 4.79 Å². The SMILES string of the molecule is CCOC(=O)C(N)Cc1cccn1-c1ccc(Br)cc1. The van der Waals surface area contributed by atoms with Gasteiger partial charge in [-0.05, 0) is 43.3 Å². The number of carbonyl (C=O) groups excluding carboxylic acids is 1. The van der Waals surface area contributed by atoms with E-state index in [9.17, 15) is 4.79 Å². The molecular formula is C15H17BrN2O2. The van der Waals surface area contributed by atoms with Crippen molar-refractivity contribution in [1.29, 1.82) is 0 Å². The highest BCUT2D eigenvalue weighted by molar-refractivity contribution is 9.10. The summed E-state index contributed by atoms with van der Waals surface area (Å²) in [5.41, 5.74) is 7.88. The molecule has 1 aromatic heterocycles. The summed E-state index contributed by atoms with van der Waals surface area (Å²) in [5.74, 6) is -0.365. The molecule has 1 aromatic carbocycles. The van der Waals surface area contributed by atoms with Gasteiger partial charge in [-0.25, -0.2) is 0 Å². The van der Waals surface area contributed by atoms with E-state index in [0.29, 0.717) is 13.0 Å². The number of nitrogens with two attached hydrogens (primary N) is 1. The van der Waals surface area contributed by atoms with Crippen molar-refractivity contribution in [2.24, 2.45) is 5.73 Å². The molecule has 1 unspecified atom stereocenters. The zero-order valence-corrected chi connectivity index (χ0v) is 12.8. The minimum absolute atomic E-state index is 0.347. The lowest BCUT2D eigenvalue weighted by Gasteiger charge is -2.13. The molecule has 0 radical (unpaired) electrons. The molecule has 0 aliphatic heterocycles. The summed E-state index contributed by atoms with van der Waals surface area (Å²) in [4.78, 5) is 11.6. The lowest BCUT2D eigenvalue weighted by Crippen LogP contribution is -2.34. The molecule has 2 rings (SSSR count). The Balaban J connectivity index is 2.16. The van der Waals surface area contributed by atoms with Crippen LogP contribution in [0, 0.1) is 0 Å². The van der Waals surface area contributed by atoms with E-state index in [0.717, 1.165) is 15.9 Å². The van der Waals surface area contributed by atoms with Crippen molar-refractivity contribution >= 4 is 21.9 Å². The van der Waals surface area contributed by atoms with Gasteiger partial charge in [0.05, 0.1) is 6.61 Å². The van der Waals surface area contributed by atoms with Gasteiger partial charge < -0.3 is 15.0 Å². The molecule has 2 aromatic rings. The quantitative estimate of drug-likeness (QED) is 0.854. The Morgan fingerprint density at radius 1 is 1.35 bits per heavy atom. The molecule has 0 aliphatic rings. The molecule has 0 aliphatic carbocycles. The fourth-order valence-corrected chi connectivity index (χ4v) is 2.26. The predicted molar refractivity (Wildman–Crippen MR) is 81.8 cm³/mol. The molecule has 0 bridgehead atoms. The monoisotopic (exact) mass is 336 g/mol. The molecule has 0 saturated heterocycles. The summed E-state index contributed by atoms with van der Waals surface area (Å²) in [5, 5.41) is 0. The first-order valence-electron chi connectivity index (χ1n) is 6.46. The van der Waals surface area contributed by atoms with Crippen LogP contribution >= 0.6 is 15.9 Å². The van der Waals surface area contributed by atoms with Gasteiger partial charge >= 0.3 is 5.97 Å². The molecule has 1 atom stereocenters. The van der Waals surface area contributed by atoms with E-state index in [1.807, 2.05) is 47.2 Å². The third kappa shape index (κ3) is 3.49. The average Bonchev–Trinajstić information content (AvgIpc) is 2.88. The minimum atomic E-state index is -0.640. The summed E-state index contributed by atoms with van der Waals surface area (Å²) < 4.78 is 7.98. The fourth-order valence-electron chi connectivity index (χ4n) is 1.99. The maximum atomic E-state index is 11.6. The van der Waals surface area contributed by atoms with Crippen LogP contribution in [-0.2, 0) is 16.0 Å². The van der Waals surface area contributed by atoms with E-state index in [1.165, 1.54) is 0 Å². The van der Waals surface area contributed by atoms with Crippen LogP contribution in [0.4, 0.5) is 0 Å². The standard InChI is InChI=1S/C15H17BrN2O2/c1-2-20-15(19)14(17)10-13-4-3-9-18(13)12-7-5-11(16)6-8-12/h3-9,14H,2,10,17H2,1H3. The number of hydrogen-bond donors (Lipinski definition) is 1. The van der Waals surface area contributed by atoms with Crippen LogP contribution in [0.15, 0.2) is 47.1 Å². The van der Waals surface area contributed by atoms with Gasteiger partial charge in [0.1, 0.15) is 6.04 Å². The van der Waals surface area contributed by atoms with Gasteiger partial charge in [0.15, 0.2) is 0 Å². The van der Waals surface area contributed by atoms with Crippen molar-refractivity contribution in [2.75, 3.05) is 6.61 Å². The Kier molecular flexibility index (Phi) is 4.98. The van der Waals surface area contributed by atoms with Gasteiger partial charge in [0.2, 0.25) is 0 Å². The van der Waals surface area contributed by atoms with Crippen LogP contribution < -0.4 is 5.73 Å². The Morgan fingerprint density at radius 3 is 2.70 bits per heavy atom. The second-order valence-electron chi connectivity index (χ2n) is 4.41. The number of rotatable bonds is 5. The van der Waals surface area contributed by atoms with Gasteiger partial charge in [-0.15, -0.1) is 0 Å². The molecule has 0 amide bonds. The van der Waals surface area contributed by atoms with Crippen molar-refractivity contribution in [3.8, 4) is 5.69 Å². The molecule has 0 spiro atoms. The number of nitrogens with zero attached hydrogens (tertiary/aromatic N) is 1. The van der Waals surface area contributed by atoms with Gasteiger partial charge in [0, 0.05) is 28.5 Å². The van der Waals surface area contributed by atoms with Crippen molar-refractivity contribution in [3.63, 3.8) is 0 Å². The van der Waals surface area contributed by atoms with Gasteiger partial charge in [0.25, 0.3) is 0 Å². The van der Waals surface area contributed by atoms with Crippen LogP contribution in [0.25, 0.3) is 5.69 Å². The molecule has 20 heavy (non-hydrogen) atoms. The second kappa shape index (κ2) is 6.72. The second-order valence-corrected chi connectivity index (χ2v) is 5.32. The van der Waals surface area contributed by atoms with Gasteiger partial charge in [-0.2, -0.15) is 0 Å². The van der Waals surface area contributed by atoms with Gasteiger partial charge in [-0.1, -0.05) is 15.9 Å². The minimum Gasteiger partial charge on any atom is -0.465 e. The number of ether oxygens (including phenoxy) is 1. The van der Waals surface area contributed by atoms with Crippen LogP contribution in [0.3, 0.4) is 0 Å². The Morgan fingerprint density at radius 2 is 2.05 bits per heavy atom. The summed E-state index contributed by atoms with van der Waals surface area (Å²) in [6.45, 7) is 2.12. The summed E-state index contributed by atoms with van der Waals surface area (Å²) in [6.07, 6.45) is 2.40. The molecule has 2 N–H and O–H groups in total. The molecule has 5 heteroatoms. The molecule has 0 fully saturated rings. The third-order valence-electron chi connectivity index (χ3n) is 2.96. The number of carbonyl (C=O) groups is 1. The number of benzene rings is 1. The van der Waals surface area contributed by atoms with E-state index in [2.05, 4.69) is 15.9 Å². The van der Waals surface area contributed by atoms with Crippen molar-refractivity contribution < 1.29 is 9.53 Å². The van der Waals surface area contributed by atoms with Crippen LogP contribution in [-0.4, -0.2) is 23.2 Å².